The van der Waals surface area contributed by atoms with Crippen LogP contribution in [0.25, 0.3) is 0 Å². The molecule has 0 bridgehead atoms. The molecule has 7 heteroatoms. The number of carbonyl (C=O) groups excluding carboxylic acids is 1. The van der Waals surface area contributed by atoms with Crippen LogP contribution in [0, 0.1) is 6.92 Å². The van der Waals surface area contributed by atoms with E-state index in [9.17, 15) is 18.0 Å². The first kappa shape index (κ1) is 18.1. The van der Waals surface area contributed by atoms with Crippen molar-refractivity contribution in [2.45, 2.75) is 19.5 Å². The molecule has 128 valence electrons. The van der Waals surface area contributed by atoms with E-state index < -0.39 is 11.7 Å². The van der Waals surface area contributed by atoms with Crippen molar-refractivity contribution in [3.8, 4) is 0 Å². The van der Waals surface area contributed by atoms with Gasteiger partial charge in [-0.05, 0) is 42.8 Å². The van der Waals surface area contributed by atoms with Crippen molar-refractivity contribution in [3.05, 3.63) is 58.6 Å². The Morgan fingerprint density at radius 1 is 1.17 bits per heavy atom. The number of halogens is 4. The Labute approximate surface area is 142 Å². The van der Waals surface area contributed by atoms with Crippen molar-refractivity contribution in [2.24, 2.45) is 0 Å². The molecule has 0 aliphatic rings. The maximum atomic E-state index is 13.0. The van der Waals surface area contributed by atoms with Crippen molar-refractivity contribution in [1.29, 1.82) is 0 Å². The van der Waals surface area contributed by atoms with Gasteiger partial charge in [0, 0.05) is 29.4 Å². The van der Waals surface area contributed by atoms with E-state index in [2.05, 4.69) is 10.6 Å². The second-order valence-electron chi connectivity index (χ2n) is 5.28. The number of amides is 1. The third-order valence-corrected chi connectivity index (χ3v) is 3.49. The highest BCUT2D eigenvalue weighted by Crippen LogP contribution is 2.36. The van der Waals surface area contributed by atoms with E-state index in [1.54, 1.807) is 6.07 Å². The molecule has 0 unspecified atom stereocenters. The number of alkyl halides is 3. The molecule has 2 rings (SSSR count). The summed E-state index contributed by atoms with van der Waals surface area (Å²) >= 11 is 5.62. The lowest BCUT2D eigenvalue weighted by atomic mass is 10.1. The Balaban J connectivity index is 1.93. The van der Waals surface area contributed by atoms with Gasteiger partial charge in [-0.3, -0.25) is 4.79 Å². The first-order valence-electron chi connectivity index (χ1n) is 7.23. The predicted molar refractivity (Wildman–Crippen MR) is 89.4 cm³/mol. The molecule has 0 aliphatic heterocycles. The summed E-state index contributed by atoms with van der Waals surface area (Å²) in [4.78, 5) is 11.9. The summed E-state index contributed by atoms with van der Waals surface area (Å²) in [5.41, 5.74) is 0.703. The first-order valence-corrected chi connectivity index (χ1v) is 7.60. The minimum Gasteiger partial charge on any atom is -0.384 e. The molecule has 0 atom stereocenters. The number of rotatable bonds is 5. The molecule has 2 aromatic rings. The molecule has 0 saturated heterocycles. The van der Waals surface area contributed by atoms with E-state index in [1.807, 2.05) is 25.1 Å². The van der Waals surface area contributed by atoms with Crippen molar-refractivity contribution < 1.29 is 18.0 Å². The molecule has 0 heterocycles. The number of anilines is 2. The van der Waals surface area contributed by atoms with Gasteiger partial charge in [-0.1, -0.05) is 23.7 Å². The molecule has 0 aromatic heterocycles. The van der Waals surface area contributed by atoms with Crippen LogP contribution < -0.4 is 10.6 Å². The highest BCUT2D eigenvalue weighted by molar-refractivity contribution is 6.30. The molecule has 2 aromatic carbocycles. The zero-order valence-electron chi connectivity index (χ0n) is 12.9. The zero-order valence-corrected chi connectivity index (χ0v) is 13.6. The lowest BCUT2D eigenvalue weighted by molar-refractivity contribution is -0.137. The molecule has 24 heavy (non-hydrogen) atoms. The quantitative estimate of drug-likeness (QED) is 0.781. The summed E-state index contributed by atoms with van der Waals surface area (Å²) in [6.45, 7) is 1.97. The Morgan fingerprint density at radius 2 is 1.92 bits per heavy atom. The van der Waals surface area contributed by atoms with Crippen LogP contribution in [0.5, 0.6) is 0 Å². The fourth-order valence-electron chi connectivity index (χ4n) is 2.16. The molecular weight excluding hydrogens is 341 g/mol. The van der Waals surface area contributed by atoms with Crippen LogP contribution in [0.3, 0.4) is 0 Å². The van der Waals surface area contributed by atoms with Gasteiger partial charge in [0.25, 0.3) is 0 Å². The fraction of sp³-hybridized carbons (Fsp3) is 0.235. The Hall–Kier alpha value is -2.21. The van der Waals surface area contributed by atoms with Gasteiger partial charge in [-0.25, -0.2) is 0 Å². The SMILES string of the molecule is Cc1cccc(NC(=O)CCNc2ccc(Cl)cc2C(F)(F)F)c1. The van der Waals surface area contributed by atoms with Crippen molar-refractivity contribution in [3.63, 3.8) is 0 Å². The maximum Gasteiger partial charge on any atom is 0.418 e. The Morgan fingerprint density at radius 3 is 2.58 bits per heavy atom. The number of benzene rings is 2. The zero-order chi connectivity index (χ0) is 17.7. The van der Waals surface area contributed by atoms with Crippen molar-refractivity contribution >= 4 is 28.9 Å². The smallest absolute Gasteiger partial charge is 0.384 e. The van der Waals surface area contributed by atoms with Gasteiger partial charge >= 0.3 is 6.18 Å². The third kappa shape index (κ3) is 5.16. The van der Waals surface area contributed by atoms with Crippen LogP contribution >= 0.6 is 11.6 Å². The second-order valence-corrected chi connectivity index (χ2v) is 5.72. The summed E-state index contributed by atoms with van der Waals surface area (Å²) in [7, 11) is 0. The molecule has 3 nitrogen and oxygen atoms in total. The number of hydrogen-bond donors (Lipinski definition) is 2. The van der Waals surface area contributed by atoms with Gasteiger partial charge in [0.05, 0.1) is 5.56 Å². The topological polar surface area (TPSA) is 41.1 Å². The molecule has 0 aliphatic carbocycles. The molecule has 0 fully saturated rings. The van der Waals surface area contributed by atoms with Gasteiger partial charge < -0.3 is 10.6 Å². The Kier molecular flexibility index (Phi) is 5.72. The predicted octanol–water partition coefficient (Wildman–Crippen LogP) is 5.11. The normalized spacial score (nSPS) is 11.2. The number of hydrogen-bond acceptors (Lipinski definition) is 2. The van der Waals surface area contributed by atoms with Crippen LogP contribution in [0.15, 0.2) is 42.5 Å². The van der Waals surface area contributed by atoms with Crippen LogP contribution in [0.1, 0.15) is 17.5 Å². The van der Waals surface area contributed by atoms with E-state index in [4.69, 9.17) is 11.6 Å². The molecule has 0 spiro atoms. The summed E-state index contributed by atoms with van der Waals surface area (Å²) in [5.74, 6) is -0.282. The fourth-order valence-corrected chi connectivity index (χ4v) is 2.33. The van der Waals surface area contributed by atoms with E-state index >= 15 is 0 Å². The lowest BCUT2D eigenvalue weighted by Gasteiger charge is -2.15. The lowest BCUT2D eigenvalue weighted by Crippen LogP contribution is -2.18. The monoisotopic (exact) mass is 356 g/mol. The third-order valence-electron chi connectivity index (χ3n) is 3.26. The van der Waals surface area contributed by atoms with Crippen LogP contribution in [0.2, 0.25) is 5.02 Å². The van der Waals surface area contributed by atoms with Crippen molar-refractivity contribution in [2.75, 3.05) is 17.2 Å². The molecule has 0 radical (unpaired) electrons. The van der Waals surface area contributed by atoms with E-state index in [1.165, 1.54) is 12.1 Å². The van der Waals surface area contributed by atoms with Crippen LogP contribution in [-0.4, -0.2) is 12.5 Å². The van der Waals surface area contributed by atoms with Gasteiger partial charge in [-0.2, -0.15) is 13.2 Å². The van der Waals surface area contributed by atoms with Crippen LogP contribution in [-0.2, 0) is 11.0 Å². The van der Waals surface area contributed by atoms with E-state index in [0.29, 0.717) is 5.69 Å². The minimum absolute atomic E-state index is 0.00469. The average Bonchev–Trinajstić information content (AvgIpc) is 2.47. The van der Waals surface area contributed by atoms with Gasteiger partial charge in [0.15, 0.2) is 0 Å². The number of aryl methyl sites for hydroxylation is 1. The van der Waals surface area contributed by atoms with Crippen molar-refractivity contribution in [1.82, 2.24) is 0 Å². The number of carbonyl (C=O) groups is 1. The van der Waals surface area contributed by atoms with E-state index in [-0.39, 0.29) is 29.6 Å². The van der Waals surface area contributed by atoms with Gasteiger partial charge in [0.1, 0.15) is 0 Å². The van der Waals surface area contributed by atoms with E-state index in [0.717, 1.165) is 11.6 Å². The standard InChI is InChI=1S/C17H16ClF3N2O/c1-11-3-2-4-13(9-11)23-16(24)7-8-22-15-6-5-12(18)10-14(15)17(19,20)21/h2-6,9-10,22H,7-8H2,1H3,(H,23,24). The summed E-state index contributed by atoms with van der Waals surface area (Å²) in [6.07, 6.45) is -4.48. The Bertz CT molecular complexity index is 732. The number of nitrogens with one attached hydrogen (secondary N) is 2. The highest BCUT2D eigenvalue weighted by Gasteiger charge is 2.33. The highest BCUT2D eigenvalue weighted by atomic mass is 35.5. The first-order chi connectivity index (χ1) is 11.3. The minimum atomic E-state index is -4.52. The maximum absolute atomic E-state index is 13.0. The molecule has 0 saturated carbocycles. The second kappa shape index (κ2) is 7.57. The summed E-state index contributed by atoms with van der Waals surface area (Å²) in [5, 5.41) is 5.34. The molecular formula is C17H16ClF3N2O. The summed E-state index contributed by atoms with van der Waals surface area (Å²) in [6, 6.07) is 10.8. The average molecular weight is 357 g/mol. The summed E-state index contributed by atoms with van der Waals surface area (Å²) < 4.78 is 38.9. The van der Waals surface area contributed by atoms with Crippen LogP contribution in [0.4, 0.5) is 24.5 Å². The van der Waals surface area contributed by atoms with Gasteiger partial charge in [0.2, 0.25) is 5.91 Å². The molecule has 2 N–H and O–H groups in total. The molecule has 1 amide bonds. The van der Waals surface area contributed by atoms with Gasteiger partial charge in [-0.15, -0.1) is 0 Å². The largest absolute Gasteiger partial charge is 0.418 e.